The summed E-state index contributed by atoms with van der Waals surface area (Å²) in [6.07, 6.45) is 5.26. The highest BCUT2D eigenvalue weighted by Gasteiger charge is 2.06. The highest BCUT2D eigenvalue weighted by Crippen LogP contribution is 2.27. The van der Waals surface area contributed by atoms with Crippen molar-refractivity contribution in [3.05, 3.63) is 57.9 Å². The average molecular weight is 326 g/mol. The normalized spacial score (nSPS) is 10.8. The molecule has 2 aromatic rings. The molecule has 0 bridgehead atoms. The summed E-state index contributed by atoms with van der Waals surface area (Å²) in [6, 6.07) is 10.00. The molecule has 18 heavy (non-hydrogen) atoms. The summed E-state index contributed by atoms with van der Waals surface area (Å²) >= 11 is 9.10. The number of aromatic nitrogens is 2. The largest absolute Gasteiger partial charge is 0.473 e. The molecule has 0 spiro atoms. The Morgan fingerprint density at radius 3 is 2.78 bits per heavy atom. The fourth-order valence-corrected chi connectivity index (χ4v) is 1.75. The smallest absolute Gasteiger partial charge is 0.232 e. The van der Waals surface area contributed by atoms with Crippen LogP contribution in [0.3, 0.4) is 0 Å². The van der Waals surface area contributed by atoms with Gasteiger partial charge in [-0.05, 0) is 27.6 Å². The van der Waals surface area contributed by atoms with Crippen LogP contribution in [-0.2, 0) is 0 Å². The van der Waals surface area contributed by atoms with E-state index in [0.717, 1.165) is 5.56 Å². The van der Waals surface area contributed by atoms with Gasteiger partial charge in [0.25, 0.3) is 0 Å². The van der Waals surface area contributed by atoms with E-state index in [1.807, 2.05) is 42.5 Å². The maximum absolute atomic E-state index is 5.83. The SMILES string of the molecule is Clc1ncnc(OC/C=C/c2ccccc2)c1Br. The number of rotatable bonds is 4. The monoisotopic (exact) mass is 324 g/mol. The second kappa shape index (κ2) is 6.52. The van der Waals surface area contributed by atoms with Gasteiger partial charge in [0.15, 0.2) is 5.15 Å². The lowest BCUT2D eigenvalue weighted by atomic mass is 10.2. The molecule has 0 saturated heterocycles. The molecule has 0 aliphatic rings. The van der Waals surface area contributed by atoms with Crippen LogP contribution in [-0.4, -0.2) is 16.6 Å². The first-order valence-corrected chi connectivity index (χ1v) is 6.45. The van der Waals surface area contributed by atoms with Crippen LogP contribution in [0.2, 0.25) is 5.15 Å². The van der Waals surface area contributed by atoms with Gasteiger partial charge in [0.1, 0.15) is 17.4 Å². The molecule has 92 valence electrons. The van der Waals surface area contributed by atoms with Crippen molar-refractivity contribution in [2.45, 2.75) is 0 Å². The van der Waals surface area contributed by atoms with Gasteiger partial charge in [-0.25, -0.2) is 9.97 Å². The van der Waals surface area contributed by atoms with Gasteiger partial charge in [-0.3, -0.25) is 0 Å². The van der Waals surface area contributed by atoms with E-state index in [1.54, 1.807) is 0 Å². The molecule has 0 saturated carbocycles. The second-order valence-corrected chi connectivity index (χ2v) is 4.56. The molecule has 0 aliphatic carbocycles. The first-order valence-electron chi connectivity index (χ1n) is 5.28. The van der Waals surface area contributed by atoms with Crippen LogP contribution < -0.4 is 4.74 Å². The molecule has 0 unspecified atom stereocenters. The van der Waals surface area contributed by atoms with Crippen LogP contribution >= 0.6 is 27.5 Å². The number of halogens is 2. The summed E-state index contributed by atoms with van der Waals surface area (Å²) in [7, 11) is 0. The predicted octanol–water partition coefficient (Wildman–Crippen LogP) is 3.98. The molecule has 0 N–H and O–H groups in total. The van der Waals surface area contributed by atoms with Crippen molar-refractivity contribution >= 4 is 33.6 Å². The van der Waals surface area contributed by atoms with Crippen molar-refractivity contribution in [1.29, 1.82) is 0 Å². The summed E-state index contributed by atoms with van der Waals surface area (Å²) in [6.45, 7) is 0.417. The number of nitrogens with zero attached hydrogens (tertiary/aromatic N) is 2. The van der Waals surface area contributed by atoms with E-state index in [4.69, 9.17) is 16.3 Å². The molecule has 0 radical (unpaired) electrons. The zero-order valence-electron chi connectivity index (χ0n) is 9.38. The first-order chi connectivity index (χ1) is 8.77. The van der Waals surface area contributed by atoms with Gasteiger partial charge in [0, 0.05) is 0 Å². The number of hydrogen-bond acceptors (Lipinski definition) is 3. The van der Waals surface area contributed by atoms with Gasteiger partial charge in [0.05, 0.1) is 0 Å². The van der Waals surface area contributed by atoms with E-state index in [0.29, 0.717) is 22.1 Å². The van der Waals surface area contributed by atoms with Crippen molar-refractivity contribution in [2.24, 2.45) is 0 Å². The highest BCUT2D eigenvalue weighted by atomic mass is 79.9. The first kappa shape index (κ1) is 13.1. The third-order valence-electron chi connectivity index (χ3n) is 2.14. The molecular formula is C13H10BrClN2O. The third-order valence-corrected chi connectivity index (χ3v) is 3.37. The quantitative estimate of drug-likeness (QED) is 0.797. The minimum absolute atomic E-state index is 0.340. The van der Waals surface area contributed by atoms with E-state index in [-0.39, 0.29) is 0 Å². The van der Waals surface area contributed by atoms with Crippen LogP contribution in [0, 0.1) is 0 Å². The van der Waals surface area contributed by atoms with Gasteiger partial charge >= 0.3 is 0 Å². The zero-order chi connectivity index (χ0) is 12.8. The molecule has 1 aromatic heterocycles. The van der Waals surface area contributed by atoms with Crippen molar-refractivity contribution in [3.8, 4) is 5.88 Å². The molecule has 3 nitrogen and oxygen atoms in total. The molecule has 0 atom stereocenters. The van der Waals surface area contributed by atoms with E-state index in [2.05, 4.69) is 25.9 Å². The van der Waals surface area contributed by atoms with E-state index in [1.165, 1.54) is 6.33 Å². The Labute approximate surface area is 119 Å². The summed E-state index contributed by atoms with van der Waals surface area (Å²) in [5.74, 6) is 0.438. The summed E-state index contributed by atoms with van der Waals surface area (Å²) in [5.41, 5.74) is 1.13. The fraction of sp³-hybridized carbons (Fsp3) is 0.0769. The molecule has 2 rings (SSSR count). The van der Waals surface area contributed by atoms with E-state index < -0.39 is 0 Å². The maximum atomic E-state index is 5.83. The lowest BCUT2D eigenvalue weighted by molar-refractivity contribution is 0.345. The van der Waals surface area contributed by atoms with Gasteiger partial charge in [-0.15, -0.1) is 0 Å². The Hall–Kier alpha value is -1.39. The van der Waals surface area contributed by atoms with Crippen LogP contribution in [0.4, 0.5) is 0 Å². The molecule has 0 amide bonds. The Morgan fingerprint density at radius 1 is 1.22 bits per heavy atom. The molecule has 0 fully saturated rings. The van der Waals surface area contributed by atoms with Gasteiger partial charge in [-0.2, -0.15) is 0 Å². The molecule has 1 heterocycles. The topological polar surface area (TPSA) is 35.0 Å². The number of hydrogen-bond donors (Lipinski definition) is 0. The number of ether oxygens (including phenoxy) is 1. The van der Waals surface area contributed by atoms with Gasteiger partial charge < -0.3 is 4.74 Å². The molecular weight excluding hydrogens is 316 g/mol. The minimum atomic E-state index is 0.340. The number of benzene rings is 1. The molecule has 5 heteroatoms. The van der Waals surface area contributed by atoms with Crippen LogP contribution in [0.25, 0.3) is 6.08 Å². The Kier molecular flexibility index (Phi) is 4.73. The lowest BCUT2D eigenvalue weighted by Crippen LogP contribution is -1.97. The second-order valence-electron chi connectivity index (χ2n) is 3.41. The maximum Gasteiger partial charge on any atom is 0.232 e. The van der Waals surface area contributed by atoms with Crippen molar-refractivity contribution < 1.29 is 4.74 Å². The average Bonchev–Trinajstić information content (AvgIpc) is 2.40. The van der Waals surface area contributed by atoms with Crippen LogP contribution in [0.1, 0.15) is 5.56 Å². The zero-order valence-corrected chi connectivity index (χ0v) is 11.7. The third kappa shape index (κ3) is 3.55. The lowest BCUT2D eigenvalue weighted by Gasteiger charge is -2.04. The Morgan fingerprint density at radius 2 is 2.00 bits per heavy atom. The highest BCUT2D eigenvalue weighted by molar-refractivity contribution is 9.10. The predicted molar refractivity (Wildman–Crippen MR) is 75.7 cm³/mol. The Bertz CT molecular complexity index is 546. The summed E-state index contributed by atoms with van der Waals surface area (Å²) in [4.78, 5) is 7.81. The van der Waals surface area contributed by atoms with Crippen molar-refractivity contribution in [3.63, 3.8) is 0 Å². The standard InChI is InChI=1S/C13H10BrClN2O/c14-11-12(15)16-9-17-13(11)18-8-4-7-10-5-2-1-3-6-10/h1-7,9H,8H2/b7-4+. The van der Waals surface area contributed by atoms with E-state index >= 15 is 0 Å². The van der Waals surface area contributed by atoms with Crippen molar-refractivity contribution in [1.82, 2.24) is 9.97 Å². The minimum Gasteiger partial charge on any atom is -0.473 e. The molecule has 1 aromatic carbocycles. The van der Waals surface area contributed by atoms with Gasteiger partial charge in [-0.1, -0.05) is 48.0 Å². The van der Waals surface area contributed by atoms with Crippen LogP contribution in [0.5, 0.6) is 5.88 Å². The van der Waals surface area contributed by atoms with E-state index in [9.17, 15) is 0 Å². The van der Waals surface area contributed by atoms with Crippen LogP contribution in [0.15, 0.2) is 47.2 Å². The summed E-state index contributed by atoms with van der Waals surface area (Å²) in [5, 5.41) is 0.340. The summed E-state index contributed by atoms with van der Waals surface area (Å²) < 4.78 is 6.04. The van der Waals surface area contributed by atoms with Gasteiger partial charge in [0.2, 0.25) is 5.88 Å². The molecule has 0 aliphatic heterocycles. The van der Waals surface area contributed by atoms with Crippen molar-refractivity contribution in [2.75, 3.05) is 6.61 Å². The fourth-order valence-electron chi connectivity index (χ4n) is 1.31. The Balaban J connectivity index is 1.93.